The maximum Gasteiger partial charge on any atom is 0.0598 e. The molecule has 0 unspecified atom stereocenters. The van der Waals surface area contributed by atoms with E-state index in [1.165, 1.54) is 0 Å². The summed E-state index contributed by atoms with van der Waals surface area (Å²) in [5.74, 6) is 1.12. The summed E-state index contributed by atoms with van der Waals surface area (Å²) < 4.78 is 1.03. The molecule has 78 valence electrons. The molecule has 0 saturated heterocycles. The predicted octanol–water partition coefficient (Wildman–Crippen LogP) is 2.83. The maximum absolute atomic E-state index is 5.92. The average molecular weight is 275 g/mol. The van der Waals surface area contributed by atoms with E-state index in [0.29, 0.717) is 0 Å². The zero-order chi connectivity index (χ0) is 10.6. The van der Waals surface area contributed by atoms with Crippen molar-refractivity contribution in [3.8, 4) is 0 Å². The highest BCUT2D eigenvalue weighted by molar-refractivity contribution is 9.10. The third-order valence-electron chi connectivity index (χ3n) is 2.03. The minimum absolute atomic E-state index is 0.822. The Labute approximate surface area is 98.0 Å². The van der Waals surface area contributed by atoms with Crippen molar-refractivity contribution in [3.05, 3.63) is 22.7 Å². The number of rotatable bonds is 4. The van der Waals surface area contributed by atoms with Crippen LogP contribution in [0.25, 0.3) is 0 Å². The predicted molar refractivity (Wildman–Crippen MR) is 70.2 cm³/mol. The van der Waals surface area contributed by atoms with Crippen molar-refractivity contribution in [1.82, 2.24) is 0 Å². The van der Waals surface area contributed by atoms with Crippen molar-refractivity contribution in [2.75, 3.05) is 36.2 Å². The number of halogens is 1. The molecule has 1 rings (SSSR count). The second kappa shape index (κ2) is 5.51. The molecule has 0 amide bonds. The molecule has 0 radical (unpaired) electrons. The number of anilines is 2. The number of hydrogen-bond acceptors (Lipinski definition) is 3. The van der Waals surface area contributed by atoms with E-state index >= 15 is 0 Å². The van der Waals surface area contributed by atoms with Crippen LogP contribution in [0.1, 0.15) is 0 Å². The lowest BCUT2D eigenvalue weighted by Gasteiger charge is -2.20. The summed E-state index contributed by atoms with van der Waals surface area (Å²) in [7, 11) is 2.07. The van der Waals surface area contributed by atoms with Crippen molar-refractivity contribution < 1.29 is 0 Å². The van der Waals surface area contributed by atoms with Crippen LogP contribution in [0, 0.1) is 0 Å². The molecule has 14 heavy (non-hydrogen) atoms. The van der Waals surface area contributed by atoms with Crippen molar-refractivity contribution in [2.24, 2.45) is 0 Å². The molecule has 0 aromatic heterocycles. The molecule has 0 aliphatic rings. The highest BCUT2D eigenvalue weighted by atomic mass is 79.9. The van der Waals surface area contributed by atoms with Gasteiger partial charge in [0, 0.05) is 23.8 Å². The minimum Gasteiger partial charge on any atom is -0.397 e. The van der Waals surface area contributed by atoms with Crippen LogP contribution in [-0.2, 0) is 0 Å². The van der Waals surface area contributed by atoms with E-state index in [1.54, 1.807) is 0 Å². The summed E-state index contributed by atoms with van der Waals surface area (Å²) >= 11 is 5.24. The minimum atomic E-state index is 0.822. The standard InChI is InChI=1S/C10H15BrN2S/c1-13(5-6-14-2)10-4-3-8(11)7-9(10)12/h3-4,7H,5-6,12H2,1-2H3. The average Bonchev–Trinajstić information content (AvgIpc) is 2.14. The van der Waals surface area contributed by atoms with Gasteiger partial charge >= 0.3 is 0 Å². The van der Waals surface area contributed by atoms with Crippen molar-refractivity contribution in [2.45, 2.75) is 0 Å². The third kappa shape index (κ3) is 3.10. The molecule has 0 aliphatic carbocycles. The summed E-state index contributed by atoms with van der Waals surface area (Å²) in [5.41, 5.74) is 7.84. The fourth-order valence-corrected chi connectivity index (χ4v) is 2.06. The first kappa shape index (κ1) is 11.7. The van der Waals surface area contributed by atoms with Crippen LogP contribution < -0.4 is 10.6 Å². The van der Waals surface area contributed by atoms with Gasteiger partial charge in [-0.1, -0.05) is 15.9 Å². The van der Waals surface area contributed by atoms with Gasteiger partial charge in [0.25, 0.3) is 0 Å². The van der Waals surface area contributed by atoms with Gasteiger partial charge < -0.3 is 10.6 Å². The molecule has 4 heteroatoms. The van der Waals surface area contributed by atoms with Gasteiger partial charge in [-0.15, -0.1) is 0 Å². The Balaban J connectivity index is 2.74. The van der Waals surface area contributed by atoms with E-state index < -0.39 is 0 Å². The summed E-state index contributed by atoms with van der Waals surface area (Å²) in [4.78, 5) is 2.18. The molecule has 0 heterocycles. The maximum atomic E-state index is 5.92. The van der Waals surface area contributed by atoms with Crippen LogP contribution in [0.15, 0.2) is 22.7 Å². The highest BCUT2D eigenvalue weighted by Crippen LogP contribution is 2.25. The SMILES string of the molecule is CSCCN(C)c1ccc(Br)cc1N. The molecule has 0 aliphatic heterocycles. The van der Waals surface area contributed by atoms with Crippen LogP contribution in [0.2, 0.25) is 0 Å². The molecule has 1 aromatic rings. The lowest BCUT2D eigenvalue weighted by atomic mass is 10.2. The molecule has 0 bridgehead atoms. The fourth-order valence-electron chi connectivity index (χ4n) is 1.22. The molecule has 1 aromatic carbocycles. The zero-order valence-electron chi connectivity index (χ0n) is 8.46. The van der Waals surface area contributed by atoms with E-state index in [0.717, 1.165) is 28.1 Å². The van der Waals surface area contributed by atoms with Crippen LogP contribution in [0.3, 0.4) is 0 Å². The number of hydrogen-bond donors (Lipinski definition) is 1. The molecular weight excluding hydrogens is 260 g/mol. The van der Waals surface area contributed by atoms with E-state index in [2.05, 4.69) is 34.1 Å². The van der Waals surface area contributed by atoms with Crippen LogP contribution in [0.5, 0.6) is 0 Å². The first-order chi connectivity index (χ1) is 6.65. The lowest BCUT2D eigenvalue weighted by molar-refractivity contribution is 0.980. The van der Waals surface area contributed by atoms with E-state index in [4.69, 9.17) is 5.73 Å². The van der Waals surface area contributed by atoms with Gasteiger partial charge in [-0.25, -0.2) is 0 Å². The van der Waals surface area contributed by atoms with Gasteiger partial charge in [0.15, 0.2) is 0 Å². The fraction of sp³-hybridized carbons (Fsp3) is 0.400. The van der Waals surface area contributed by atoms with Gasteiger partial charge in [0.1, 0.15) is 0 Å². The Bertz CT molecular complexity index is 304. The molecular formula is C10H15BrN2S. The summed E-state index contributed by atoms with van der Waals surface area (Å²) in [6.07, 6.45) is 2.11. The van der Waals surface area contributed by atoms with Crippen molar-refractivity contribution >= 4 is 39.1 Å². The molecule has 0 atom stereocenters. The molecule has 2 N–H and O–H groups in total. The highest BCUT2D eigenvalue weighted by Gasteiger charge is 2.04. The van der Waals surface area contributed by atoms with Crippen LogP contribution >= 0.6 is 27.7 Å². The summed E-state index contributed by atoms with van der Waals surface area (Å²) in [6.45, 7) is 1.02. The number of nitrogen functional groups attached to an aromatic ring is 1. The van der Waals surface area contributed by atoms with Gasteiger partial charge in [0.2, 0.25) is 0 Å². The summed E-state index contributed by atoms with van der Waals surface area (Å²) in [5, 5.41) is 0. The lowest BCUT2D eigenvalue weighted by Crippen LogP contribution is -2.21. The zero-order valence-corrected chi connectivity index (χ0v) is 10.9. The molecule has 0 fully saturated rings. The van der Waals surface area contributed by atoms with Crippen molar-refractivity contribution in [3.63, 3.8) is 0 Å². The van der Waals surface area contributed by atoms with Gasteiger partial charge in [-0.05, 0) is 24.5 Å². The third-order valence-corrected chi connectivity index (χ3v) is 3.12. The Morgan fingerprint density at radius 3 is 2.79 bits per heavy atom. The monoisotopic (exact) mass is 274 g/mol. The van der Waals surface area contributed by atoms with Crippen molar-refractivity contribution in [1.29, 1.82) is 0 Å². The van der Waals surface area contributed by atoms with Gasteiger partial charge in [-0.2, -0.15) is 11.8 Å². The number of thioether (sulfide) groups is 1. The van der Waals surface area contributed by atoms with E-state index in [1.807, 2.05) is 30.0 Å². The van der Waals surface area contributed by atoms with Gasteiger partial charge in [-0.3, -0.25) is 0 Å². The second-order valence-corrected chi connectivity index (χ2v) is 5.02. The second-order valence-electron chi connectivity index (χ2n) is 3.12. The van der Waals surface area contributed by atoms with Gasteiger partial charge in [0.05, 0.1) is 11.4 Å². The smallest absolute Gasteiger partial charge is 0.0598 e. The molecule has 0 spiro atoms. The first-order valence-corrected chi connectivity index (χ1v) is 6.59. The first-order valence-electron chi connectivity index (χ1n) is 4.40. The topological polar surface area (TPSA) is 29.3 Å². The van der Waals surface area contributed by atoms with Crippen LogP contribution in [-0.4, -0.2) is 25.6 Å². The number of nitrogens with two attached hydrogens (primary N) is 1. The van der Waals surface area contributed by atoms with E-state index in [-0.39, 0.29) is 0 Å². The number of nitrogens with zero attached hydrogens (tertiary/aromatic N) is 1. The number of benzene rings is 1. The van der Waals surface area contributed by atoms with E-state index in [9.17, 15) is 0 Å². The Hall–Kier alpha value is -0.350. The Kier molecular flexibility index (Phi) is 4.62. The molecule has 0 saturated carbocycles. The Morgan fingerprint density at radius 1 is 1.50 bits per heavy atom. The summed E-state index contributed by atoms with van der Waals surface area (Å²) in [6, 6.07) is 5.99. The van der Waals surface area contributed by atoms with Crippen LogP contribution in [0.4, 0.5) is 11.4 Å². The quantitative estimate of drug-likeness (QED) is 0.857. The normalized spacial score (nSPS) is 10.2. The Morgan fingerprint density at radius 2 is 2.21 bits per heavy atom. The largest absolute Gasteiger partial charge is 0.397 e. The molecule has 2 nitrogen and oxygen atoms in total.